The first-order chi connectivity index (χ1) is 9.38. The molecular weight excluding hydrogens is 338 g/mol. The number of rotatable bonds is 5. The van der Waals surface area contributed by atoms with Crippen LogP contribution in [0.1, 0.15) is 0 Å². The lowest BCUT2D eigenvalue weighted by Crippen LogP contribution is -2.33. The highest BCUT2D eigenvalue weighted by atomic mass is 32.2. The fourth-order valence-electron chi connectivity index (χ4n) is 1.35. The van der Waals surface area contributed by atoms with Gasteiger partial charge >= 0.3 is 0 Å². The van der Waals surface area contributed by atoms with E-state index in [4.69, 9.17) is 0 Å². The van der Waals surface area contributed by atoms with Crippen molar-refractivity contribution in [3.05, 3.63) is 29.3 Å². The van der Waals surface area contributed by atoms with Crippen LogP contribution in [0.3, 0.4) is 0 Å². The van der Waals surface area contributed by atoms with Crippen molar-refractivity contribution in [3.8, 4) is 0 Å². The molecule has 0 heterocycles. The van der Waals surface area contributed by atoms with Crippen LogP contribution < -0.4 is 0 Å². The summed E-state index contributed by atoms with van der Waals surface area (Å²) in [5.74, 6) is -8.50. The normalized spacial score (nSPS) is 12.9. The highest BCUT2D eigenvalue weighted by Crippen LogP contribution is 2.26. The molecule has 120 valence electrons. The predicted molar refractivity (Wildman–Crippen MR) is 65.8 cm³/mol. The van der Waals surface area contributed by atoms with Gasteiger partial charge in [0.25, 0.3) is 0 Å². The first-order valence-electron chi connectivity index (χ1n) is 5.35. The van der Waals surface area contributed by atoms with Crippen molar-refractivity contribution in [2.45, 2.75) is 4.90 Å². The molecule has 1 rings (SSSR count). The lowest BCUT2D eigenvalue weighted by molar-refractivity contribution is 0.407. The van der Waals surface area contributed by atoms with Crippen molar-refractivity contribution in [2.75, 3.05) is 25.6 Å². The summed E-state index contributed by atoms with van der Waals surface area (Å²) in [7, 11) is -7.63. The molecule has 0 aromatic heterocycles. The van der Waals surface area contributed by atoms with Crippen LogP contribution in [-0.4, -0.2) is 46.7 Å². The molecule has 1 aromatic carbocycles. The van der Waals surface area contributed by atoms with Crippen molar-refractivity contribution in [1.82, 2.24) is 4.31 Å². The van der Waals surface area contributed by atoms with Gasteiger partial charge in [-0.2, -0.15) is 4.31 Å². The second-order valence-corrected chi connectivity index (χ2v) is 8.50. The van der Waals surface area contributed by atoms with E-state index in [1.54, 1.807) is 0 Å². The van der Waals surface area contributed by atoms with E-state index in [1.807, 2.05) is 0 Å². The molecular formula is C10H11F4NO4S2. The number of benzene rings is 1. The van der Waals surface area contributed by atoms with E-state index in [1.165, 1.54) is 0 Å². The van der Waals surface area contributed by atoms with Gasteiger partial charge in [-0.05, 0) is 0 Å². The van der Waals surface area contributed by atoms with Crippen molar-refractivity contribution < 1.29 is 34.4 Å². The van der Waals surface area contributed by atoms with Gasteiger partial charge in [0.05, 0.1) is 5.75 Å². The van der Waals surface area contributed by atoms with Gasteiger partial charge in [0.2, 0.25) is 10.0 Å². The van der Waals surface area contributed by atoms with Gasteiger partial charge < -0.3 is 0 Å². The summed E-state index contributed by atoms with van der Waals surface area (Å²) >= 11 is 0. The van der Waals surface area contributed by atoms with Crippen LogP contribution in [-0.2, 0) is 19.9 Å². The topological polar surface area (TPSA) is 71.5 Å². The molecule has 0 aliphatic rings. The summed E-state index contributed by atoms with van der Waals surface area (Å²) in [5, 5.41) is 0. The monoisotopic (exact) mass is 349 g/mol. The summed E-state index contributed by atoms with van der Waals surface area (Å²) in [6.07, 6.45) is 0.830. The maximum atomic E-state index is 13.5. The van der Waals surface area contributed by atoms with Crippen LogP contribution in [0.4, 0.5) is 17.6 Å². The molecule has 0 atom stereocenters. The van der Waals surface area contributed by atoms with Crippen LogP contribution in [0.2, 0.25) is 0 Å². The zero-order chi connectivity index (χ0) is 16.6. The molecule has 0 unspecified atom stereocenters. The summed E-state index contributed by atoms with van der Waals surface area (Å²) in [5.41, 5.74) is 0. The van der Waals surface area contributed by atoms with Gasteiger partial charge in [0.1, 0.15) is 9.84 Å². The van der Waals surface area contributed by atoms with Gasteiger partial charge in [-0.25, -0.2) is 34.4 Å². The molecule has 0 aliphatic heterocycles. The van der Waals surface area contributed by atoms with E-state index in [2.05, 4.69) is 0 Å². The van der Waals surface area contributed by atoms with Crippen molar-refractivity contribution in [2.24, 2.45) is 0 Å². The third-order valence-corrected chi connectivity index (χ3v) is 5.32. The zero-order valence-corrected chi connectivity index (χ0v) is 12.5. The van der Waals surface area contributed by atoms with Crippen molar-refractivity contribution >= 4 is 19.9 Å². The molecule has 0 N–H and O–H groups in total. The highest BCUT2D eigenvalue weighted by molar-refractivity contribution is 7.91. The number of hydrogen-bond donors (Lipinski definition) is 0. The molecule has 5 nitrogen and oxygen atoms in total. The van der Waals surface area contributed by atoms with Crippen molar-refractivity contribution in [3.63, 3.8) is 0 Å². The second kappa shape index (κ2) is 5.89. The molecule has 0 spiro atoms. The Kier molecular flexibility index (Phi) is 5.01. The van der Waals surface area contributed by atoms with Crippen LogP contribution in [0, 0.1) is 23.3 Å². The number of nitrogens with zero attached hydrogens (tertiary/aromatic N) is 1. The summed E-state index contributed by atoms with van der Waals surface area (Å²) in [4.78, 5) is -1.80. The molecule has 0 amide bonds. The number of halogens is 4. The zero-order valence-electron chi connectivity index (χ0n) is 10.9. The van der Waals surface area contributed by atoms with E-state index >= 15 is 0 Å². The van der Waals surface area contributed by atoms with Crippen molar-refractivity contribution in [1.29, 1.82) is 0 Å². The quantitative estimate of drug-likeness (QED) is 0.585. The molecule has 21 heavy (non-hydrogen) atoms. The van der Waals surface area contributed by atoms with E-state index in [9.17, 15) is 34.4 Å². The molecule has 0 saturated carbocycles. The molecule has 0 saturated heterocycles. The Morgan fingerprint density at radius 1 is 1.00 bits per heavy atom. The van der Waals surface area contributed by atoms with Gasteiger partial charge in [-0.15, -0.1) is 0 Å². The average molecular weight is 349 g/mol. The Morgan fingerprint density at radius 3 is 1.81 bits per heavy atom. The maximum Gasteiger partial charge on any atom is 0.248 e. The Bertz CT molecular complexity index is 736. The fraction of sp³-hybridized carbons (Fsp3) is 0.400. The summed E-state index contributed by atoms with van der Waals surface area (Å²) in [6, 6.07) is -0.125. The second-order valence-electron chi connectivity index (χ2n) is 4.25. The van der Waals surface area contributed by atoms with E-state index in [0.717, 1.165) is 13.3 Å². The Labute approximate surface area is 119 Å². The van der Waals surface area contributed by atoms with Crippen LogP contribution in [0.5, 0.6) is 0 Å². The Morgan fingerprint density at radius 2 is 1.43 bits per heavy atom. The third kappa shape index (κ3) is 3.92. The third-order valence-electron chi connectivity index (χ3n) is 2.52. The Hall–Kier alpha value is -1.20. The van der Waals surface area contributed by atoms with Gasteiger partial charge in [-0.3, -0.25) is 0 Å². The average Bonchev–Trinajstić information content (AvgIpc) is 2.32. The summed E-state index contributed by atoms with van der Waals surface area (Å²) in [6.45, 7) is -0.627. The molecule has 11 heteroatoms. The molecule has 0 radical (unpaired) electrons. The summed E-state index contributed by atoms with van der Waals surface area (Å²) < 4.78 is 99.0. The van der Waals surface area contributed by atoms with Crippen LogP contribution in [0.25, 0.3) is 0 Å². The van der Waals surface area contributed by atoms with Gasteiger partial charge in [0, 0.05) is 25.9 Å². The maximum absolute atomic E-state index is 13.5. The molecule has 0 fully saturated rings. The predicted octanol–water partition coefficient (Wildman–Crippen LogP) is 0.908. The number of sulfone groups is 1. The number of sulfonamides is 1. The minimum absolute atomic E-state index is 0.125. The first-order valence-corrected chi connectivity index (χ1v) is 8.85. The van der Waals surface area contributed by atoms with E-state index < -0.39 is 60.3 Å². The van der Waals surface area contributed by atoms with E-state index in [-0.39, 0.29) is 6.07 Å². The first kappa shape index (κ1) is 17.9. The van der Waals surface area contributed by atoms with E-state index in [0.29, 0.717) is 4.31 Å². The van der Waals surface area contributed by atoms with Crippen LogP contribution >= 0.6 is 0 Å². The smallest absolute Gasteiger partial charge is 0.229 e. The minimum Gasteiger partial charge on any atom is -0.229 e. The SMILES string of the molecule is CN(CCS(C)(=O)=O)S(=O)(=O)c1c(F)c(F)cc(F)c1F. The molecule has 0 bridgehead atoms. The lowest BCUT2D eigenvalue weighted by atomic mass is 10.3. The number of hydrogen-bond acceptors (Lipinski definition) is 4. The molecule has 1 aromatic rings. The lowest BCUT2D eigenvalue weighted by Gasteiger charge is -2.17. The van der Waals surface area contributed by atoms with Crippen LogP contribution in [0.15, 0.2) is 11.0 Å². The fourth-order valence-corrected chi connectivity index (χ4v) is 3.36. The molecule has 0 aliphatic carbocycles. The Balaban J connectivity index is 3.32. The minimum atomic E-state index is -4.93. The highest BCUT2D eigenvalue weighted by Gasteiger charge is 2.33. The standard InChI is InChI=1S/C10H11F4NO4S2/c1-15(3-4-20(2,16)17)21(18,19)10-8(13)6(11)5-7(12)9(10)14/h5H,3-4H2,1-2H3. The largest absolute Gasteiger partial charge is 0.248 e. The van der Waals surface area contributed by atoms with Gasteiger partial charge in [-0.1, -0.05) is 0 Å². The van der Waals surface area contributed by atoms with Gasteiger partial charge in [0.15, 0.2) is 28.2 Å².